The van der Waals surface area contributed by atoms with Gasteiger partial charge in [-0.3, -0.25) is 0 Å². The van der Waals surface area contributed by atoms with Crippen LogP contribution in [0.1, 0.15) is 40.5 Å². The summed E-state index contributed by atoms with van der Waals surface area (Å²) < 4.78 is 5.88. The lowest BCUT2D eigenvalue weighted by atomic mass is 10.1. The molecule has 1 rings (SSSR count). The van der Waals surface area contributed by atoms with Gasteiger partial charge >= 0.3 is 0 Å². The smallest absolute Gasteiger partial charge is 0.0673 e. The summed E-state index contributed by atoms with van der Waals surface area (Å²) in [5.41, 5.74) is 0.0687. The van der Waals surface area contributed by atoms with Crippen LogP contribution in [0.3, 0.4) is 0 Å². The molecule has 1 aliphatic heterocycles. The molecule has 0 bridgehead atoms. The van der Waals surface area contributed by atoms with Crippen LogP contribution < -0.4 is 0 Å². The number of hydrogen-bond acceptors (Lipinski definition) is 3. The molecule has 0 aliphatic carbocycles. The largest absolute Gasteiger partial charge is 0.392 e. The third-order valence-electron chi connectivity index (χ3n) is 2.78. The highest BCUT2D eigenvalue weighted by Crippen LogP contribution is 2.32. The molecule has 3 atom stereocenters. The third kappa shape index (κ3) is 3.79. The van der Waals surface area contributed by atoms with E-state index in [1.165, 1.54) is 0 Å². The fourth-order valence-electron chi connectivity index (χ4n) is 1.59. The van der Waals surface area contributed by atoms with Gasteiger partial charge in [-0.1, -0.05) is 6.92 Å². The summed E-state index contributed by atoms with van der Waals surface area (Å²) in [5, 5.41) is 9.64. The van der Waals surface area contributed by atoms with Gasteiger partial charge in [0.15, 0.2) is 0 Å². The first kappa shape index (κ1) is 12.3. The first-order valence-corrected chi connectivity index (χ1v) is 6.43. The van der Waals surface area contributed by atoms with Gasteiger partial charge in [-0.05, 0) is 33.6 Å². The van der Waals surface area contributed by atoms with Crippen LogP contribution in [0.15, 0.2) is 0 Å². The molecule has 0 radical (unpaired) electrons. The molecule has 0 spiro atoms. The quantitative estimate of drug-likeness (QED) is 0.786. The lowest BCUT2D eigenvalue weighted by Gasteiger charge is -2.20. The zero-order chi connectivity index (χ0) is 10.8. The van der Waals surface area contributed by atoms with Crippen LogP contribution in [0.25, 0.3) is 0 Å². The minimum Gasteiger partial charge on any atom is -0.392 e. The van der Waals surface area contributed by atoms with Crippen molar-refractivity contribution < 1.29 is 9.84 Å². The van der Waals surface area contributed by atoms with Crippen LogP contribution in [0.5, 0.6) is 0 Å². The van der Waals surface area contributed by atoms with Gasteiger partial charge in [-0.15, -0.1) is 0 Å². The minimum absolute atomic E-state index is 0.0687. The minimum atomic E-state index is -0.227. The van der Waals surface area contributed by atoms with E-state index < -0.39 is 0 Å². The Labute approximate surface area is 91.4 Å². The standard InChI is InChI=1S/C11H22O2S/c1-8(12)9(2)14-7-10-5-6-11(3,4)13-10/h8-10,12H,5-7H2,1-4H3. The average molecular weight is 218 g/mol. The lowest BCUT2D eigenvalue weighted by molar-refractivity contribution is -0.00473. The maximum Gasteiger partial charge on any atom is 0.0673 e. The van der Waals surface area contributed by atoms with Crippen LogP contribution >= 0.6 is 11.8 Å². The summed E-state index contributed by atoms with van der Waals surface area (Å²) in [4.78, 5) is 0. The Morgan fingerprint density at radius 3 is 2.57 bits per heavy atom. The number of rotatable bonds is 4. The topological polar surface area (TPSA) is 29.5 Å². The van der Waals surface area contributed by atoms with E-state index >= 15 is 0 Å². The van der Waals surface area contributed by atoms with Crippen LogP contribution in [-0.2, 0) is 4.74 Å². The predicted octanol–water partition coefficient (Wildman–Crippen LogP) is 2.45. The zero-order valence-corrected chi connectivity index (χ0v) is 10.4. The maximum atomic E-state index is 9.34. The van der Waals surface area contributed by atoms with E-state index in [4.69, 9.17) is 4.74 Å². The maximum absolute atomic E-state index is 9.34. The van der Waals surface area contributed by atoms with Crippen molar-refractivity contribution in [1.29, 1.82) is 0 Å². The van der Waals surface area contributed by atoms with E-state index in [9.17, 15) is 5.11 Å². The van der Waals surface area contributed by atoms with Gasteiger partial charge in [0, 0.05) is 11.0 Å². The van der Waals surface area contributed by atoms with Gasteiger partial charge < -0.3 is 9.84 Å². The Hall–Kier alpha value is 0.270. The zero-order valence-electron chi connectivity index (χ0n) is 9.62. The fraction of sp³-hybridized carbons (Fsp3) is 1.00. The number of ether oxygens (including phenoxy) is 1. The molecule has 1 N–H and O–H groups in total. The van der Waals surface area contributed by atoms with Crippen molar-refractivity contribution in [2.24, 2.45) is 0 Å². The Morgan fingerprint density at radius 1 is 1.50 bits per heavy atom. The van der Waals surface area contributed by atoms with Crippen molar-refractivity contribution >= 4 is 11.8 Å². The molecule has 3 heteroatoms. The van der Waals surface area contributed by atoms with E-state index in [1.807, 2.05) is 18.7 Å². The number of hydrogen-bond donors (Lipinski definition) is 1. The monoisotopic (exact) mass is 218 g/mol. The Bertz CT molecular complexity index is 180. The average Bonchev–Trinajstić information content (AvgIpc) is 2.41. The summed E-state index contributed by atoms with van der Waals surface area (Å²) in [6.07, 6.45) is 2.47. The molecular weight excluding hydrogens is 196 g/mol. The molecule has 1 fully saturated rings. The summed E-state index contributed by atoms with van der Waals surface area (Å²) in [7, 11) is 0. The van der Waals surface area contributed by atoms with Crippen molar-refractivity contribution in [2.75, 3.05) is 5.75 Å². The summed E-state index contributed by atoms with van der Waals surface area (Å²) in [6, 6.07) is 0. The molecule has 84 valence electrons. The van der Waals surface area contributed by atoms with Crippen LogP contribution in [0.4, 0.5) is 0 Å². The van der Waals surface area contributed by atoms with Crippen LogP contribution in [0.2, 0.25) is 0 Å². The summed E-state index contributed by atoms with van der Waals surface area (Å²) in [5.74, 6) is 1.01. The van der Waals surface area contributed by atoms with Gasteiger partial charge in [0.05, 0.1) is 17.8 Å². The molecule has 0 aromatic carbocycles. The van der Waals surface area contributed by atoms with Gasteiger partial charge in [0.1, 0.15) is 0 Å². The van der Waals surface area contributed by atoms with Gasteiger partial charge in [0.25, 0.3) is 0 Å². The molecule has 2 nitrogen and oxygen atoms in total. The summed E-state index contributed by atoms with van der Waals surface area (Å²) in [6.45, 7) is 8.21. The van der Waals surface area contributed by atoms with Gasteiger partial charge in [-0.25, -0.2) is 0 Å². The van der Waals surface area contributed by atoms with Crippen molar-refractivity contribution in [3.05, 3.63) is 0 Å². The molecule has 0 aromatic rings. The van der Waals surface area contributed by atoms with Gasteiger partial charge in [0.2, 0.25) is 0 Å². The highest BCUT2D eigenvalue weighted by atomic mass is 32.2. The molecule has 0 amide bonds. The Kier molecular flexibility index (Phi) is 4.29. The van der Waals surface area contributed by atoms with Crippen LogP contribution in [0, 0.1) is 0 Å². The molecule has 1 heterocycles. The van der Waals surface area contributed by atoms with Crippen molar-refractivity contribution in [1.82, 2.24) is 0 Å². The van der Waals surface area contributed by atoms with E-state index in [2.05, 4.69) is 20.8 Å². The number of thioether (sulfide) groups is 1. The normalized spacial score (nSPS) is 30.2. The van der Waals surface area contributed by atoms with Gasteiger partial charge in [-0.2, -0.15) is 11.8 Å². The van der Waals surface area contributed by atoms with Crippen molar-refractivity contribution in [3.63, 3.8) is 0 Å². The Balaban J connectivity index is 2.21. The molecule has 3 unspecified atom stereocenters. The highest BCUT2D eigenvalue weighted by molar-refractivity contribution is 7.99. The van der Waals surface area contributed by atoms with Crippen LogP contribution in [-0.4, -0.2) is 33.9 Å². The third-order valence-corrected chi connectivity index (χ3v) is 4.26. The molecule has 0 saturated carbocycles. The second kappa shape index (κ2) is 4.86. The number of aliphatic hydroxyl groups excluding tert-OH is 1. The molecule has 14 heavy (non-hydrogen) atoms. The number of aliphatic hydroxyl groups is 1. The van der Waals surface area contributed by atoms with Crippen molar-refractivity contribution in [2.45, 2.75) is 63.6 Å². The first-order chi connectivity index (χ1) is 6.41. The molecular formula is C11H22O2S. The second-order valence-corrected chi connectivity index (χ2v) is 6.23. The Morgan fingerprint density at radius 2 is 2.14 bits per heavy atom. The van der Waals surface area contributed by atoms with E-state index in [1.54, 1.807) is 0 Å². The molecule has 1 saturated heterocycles. The molecule has 0 aromatic heterocycles. The van der Waals surface area contributed by atoms with E-state index in [0.717, 1.165) is 18.6 Å². The highest BCUT2D eigenvalue weighted by Gasteiger charge is 2.31. The summed E-state index contributed by atoms with van der Waals surface area (Å²) >= 11 is 1.81. The predicted molar refractivity (Wildman–Crippen MR) is 61.8 cm³/mol. The fourth-order valence-corrected chi connectivity index (χ4v) is 2.62. The van der Waals surface area contributed by atoms with Crippen molar-refractivity contribution in [3.8, 4) is 0 Å². The molecule has 1 aliphatic rings. The van der Waals surface area contributed by atoms with E-state index in [0.29, 0.717) is 11.4 Å². The lowest BCUT2D eigenvalue weighted by Crippen LogP contribution is -2.23. The first-order valence-electron chi connectivity index (χ1n) is 5.38. The van der Waals surface area contributed by atoms with E-state index in [-0.39, 0.29) is 11.7 Å². The second-order valence-electron chi connectivity index (χ2n) is 4.82. The SMILES string of the molecule is CC(O)C(C)SCC1CCC(C)(C)O1.